The van der Waals surface area contributed by atoms with Crippen LogP contribution in [0.25, 0.3) is 0 Å². The molecule has 1 atom stereocenters. The van der Waals surface area contributed by atoms with Crippen molar-refractivity contribution in [3.63, 3.8) is 0 Å². The molecule has 0 aliphatic carbocycles. The molecule has 0 saturated carbocycles. The maximum atomic E-state index is 11.6. The molecular weight excluding hydrogens is 312 g/mol. The fourth-order valence-electron chi connectivity index (χ4n) is 3.37. The average molecular weight is 338 g/mol. The lowest BCUT2D eigenvalue weighted by Crippen LogP contribution is -2.58. The Hall–Kier alpha value is -1.05. The summed E-state index contributed by atoms with van der Waals surface area (Å²) in [6.07, 6.45) is 1.27. The number of aromatic nitrogens is 2. The largest absolute Gasteiger partial charge is 0.367 e. The van der Waals surface area contributed by atoms with Crippen molar-refractivity contribution in [2.75, 3.05) is 39.5 Å². The van der Waals surface area contributed by atoms with E-state index in [2.05, 4.69) is 16.1 Å². The Morgan fingerprint density at radius 2 is 2.26 bits per heavy atom. The summed E-state index contributed by atoms with van der Waals surface area (Å²) in [4.78, 5) is 15.7. The molecule has 3 rings (SSSR count). The second-order valence-electron chi connectivity index (χ2n) is 6.97. The second kappa shape index (κ2) is 6.45. The van der Waals surface area contributed by atoms with E-state index in [1.807, 2.05) is 30.4 Å². The summed E-state index contributed by atoms with van der Waals surface area (Å²) in [6.45, 7) is 5.40. The van der Waals surface area contributed by atoms with Gasteiger partial charge in [0, 0.05) is 51.3 Å². The first-order valence-corrected chi connectivity index (χ1v) is 9.03. The molecule has 2 fully saturated rings. The Morgan fingerprint density at radius 1 is 1.52 bits per heavy atom. The van der Waals surface area contributed by atoms with Gasteiger partial charge in [0.1, 0.15) is 6.61 Å². The summed E-state index contributed by atoms with van der Waals surface area (Å²) in [7, 11) is 5.54. The summed E-state index contributed by atoms with van der Waals surface area (Å²) in [6, 6.07) is 2.16. The lowest BCUT2D eigenvalue weighted by atomic mass is 9.93. The van der Waals surface area contributed by atoms with Gasteiger partial charge in [-0.15, -0.1) is 11.8 Å². The van der Waals surface area contributed by atoms with Crippen molar-refractivity contribution in [1.82, 2.24) is 19.6 Å². The quantitative estimate of drug-likeness (QED) is 0.798. The molecule has 23 heavy (non-hydrogen) atoms. The maximum Gasteiger partial charge on any atom is 0.248 e. The first-order valence-electron chi connectivity index (χ1n) is 8.04. The van der Waals surface area contributed by atoms with Gasteiger partial charge in [-0.3, -0.25) is 14.4 Å². The highest BCUT2D eigenvalue weighted by Crippen LogP contribution is 2.46. The molecule has 0 radical (unpaired) electrons. The zero-order valence-electron chi connectivity index (χ0n) is 14.4. The molecule has 7 heteroatoms. The summed E-state index contributed by atoms with van der Waals surface area (Å²) in [5.41, 5.74) is 2.34. The van der Waals surface area contributed by atoms with Crippen molar-refractivity contribution < 1.29 is 9.53 Å². The molecule has 0 unspecified atom stereocenters. The second-order valence-corrected chi connectivity index (χ2v) is 8.45. The number of thioether (sulfide) groups is 1. The Bertz CT molecular complexity index is 581. The Kier molecular flexibility index (Phi) is 4.71. The van der Waals surface area contributed by atoms with E-state index in [-0.39, 0.29) is 18.6 Å². The maximum absolute atomic E-state index is 11.6. The van der Waals surface area contributed by atoms with E-state index in [9.17, 15) is 4.79 Å². The van der Waals surface area contributed by atoms with Crippen LogP contribution in [0.3, 0.4) is 0 Å². The first-order chi connectivity index (χ1) is 10.9. The predicted molar refractivity (Wildman–Crippen MR) is 91.5 cm³/mol. The van der Waals surface area contributed by atoms with Crippen LogP contribution in [-0.2, 0) is 23.1 Å². The molecule has 0 bridgehead atoms. The zero-order chi connectivity index (χ0) is 16.6. The molecule has 1 amide bonds. The van der Waals surface area contributed by atoms with E-state index in [1.54, 1.807) is 19.0 Å². The number of aryl methyl sites for hydroxylation is 2. The van der Waals surface area contributed by atoms with Gasteiger partial charge in [-0.1, -0.05) is 0 Å². The highest BCUT2D eigenvalue weighted by molar-refractivity contribution is 8.01. The van der Waals surface area contributed by atoms with Gasteiger partial charge in [0.05, 0.1) is 17.5 Å². The van der Waals surface area contributed by atoms with E-state index >= 15 is 0 Å². The van der Waals surface area contributed by atoms with Gasteiger partial charge >= 0.3 is 0 Å². The Morgan fingerprint density at radius 3 is 2.87 bits per heavy atom. The lowest BCUT2D eigenvalue weighted by molar-refractivity contribution is -0.135. The fourth-order valence-corrected chi connectivity index (χ4v) is 4.97. The number of nitrogens with zero attached hydrogens (tertiary/aromatic N) is 4. The van der Waals surface area contributed by atoms with Crippen molar-refractivity contribution in [3.8, 4) is 0 Å². The SMILES string of the molecule is Cc1cc(CN2CC3(C[C@H](OCC(=O)N(C)C)CS3)C2)n(C)n1. The Balaban J connectivity index is 1.44. The number of rotatable bonds is 5. The van der Waals surface area contributed by atoms with E-state index in [4.69, 9.17) is 4.74 Å². The number of hydrogen-bond acceptors (Lipinski definition) is 5. The smallest absolute Gasteiger partial charge is 0.248 e. The number of carbonyl (C=O) groups is 1. The number of likely N-dealkylation sites (N-methyl/N-ethyl adjacent to an activating group) is 1. The van der Waals surface area contributed by atoms with Crippen LogP contribution < -0.4 is 0 Å². The number of likely N-dealkylation sites (tertiary alicyclic amines) is 1. The van der Waals surface area contributed by atoms with Crippen molar-refractivity contribution >= 4 is 17.7 Å². The van der Waals surface area contributed by atoms with Crippen molar-refractivity contribution in [2.45, 2.75) is 30.7 Å². The van der Waals surface area contributed by atoms with Crippen LogP contribution in [-0.4, -0.2) is 75.9 Å². The summed E-state index contributed by atoms with van der Waals surface area (Å²) in [5, 5.41) is 4.41. The molecule has 2 aliphatic heterocycles. The van der Waals surface area contributed by atoms with E-state index in [0.717, 1.165) is 37.5 Å². The summed E-state index contributed by atoms with van der Waals surface area (Å²) < 4.78 is 8.09. The van der Waals surface area contributed by atoms with Crippen LogP contribution in [0.2, 0.25) is 0 Å². The van der Waals surface area contributed by atoms with Gasteiger partial charge in [0.25, 0.3) is 0 Å². The minimum Gasteiger partial charge on any atom is -0.367 e. The van der Waals surface area contributed by atoms with Gasteiger partial charge in [0.2, 0.25) is 5.91 Å². The van der Waals surface area contributed by atoms with Crippen LogP contribution in [0, 0.1) is 6.92 Å². The minimum absolute atomic E-state index is 0.0396. The van der Waals surface area contributed by atoms with Crippen LogP contribution >= 0.6 is 11.8 Å². The molecule has 3 heterocycles. The predicted octanol–water partition coefficient (Wildman–Crippen LogP) is 0.893. The van der Waals surface area contributed by atoms with Crippen LogP contribution in [0.1, 0.15) is 17.8 Å². The van der Waals surface area contributed by atoms with Crippen molar-refractivity contribution in [3.05, 3.63) is 17.5 Å². The monoisotopic (exact) mass is 338 g/mol. The molecular formula is C16H26N4O2S. The van der Waals surface area contributed by atoms with Crippen LogP contribution in [0.4, 0.5) is 0 Å². The van der Waals surface area contributed by atoms with Crippen molar-refractivity contribution in [2.24, 2.45) is 7.05 Å². The number of hydrogen-bond donors (Lipinski definition) is 0. The third-order valence-electron chi connectivity index (χ3n) is 4.62. The van der Waals surface area contributed by atoms with E-state index in [1.165, 1.54) is 5.69 Å². The topological polar surface area (TPSA) is 50.6 Å². The lowest BCUT2D eigenvalue weighted by Gasteiger charge is -2.47. The third kappa shape index (κ3) is 3.72. The number of carbonyl (C=O) groups excluding carboxylic acids is 1. The van der Waals surface area contributed by atoms with Gasteiger partial charge < -0.3 is 9.64 Å². The molecule has 1 aromatic rings. The van der Waals surface area contributed by atoms with Gasteiger partial charge in [-0.25, -0.2) is 0 Å². The third-order valence-corrected chi connectivity index (χ3v) is 6.20. The van der Waals surface area contributed by atoms with Gasteiger partial charge in [0.15, 0.2) is 0 Å². The molecule has 1 aromatic heterocycles. The molecule has 0 N–H and O–H groups in total. The van der Waals surface area contributed by atoms with Gasteiger partial charge in [-0.2, -0.15) is 5.10 Å². The van der Waals surface area contributed by atoms with E-state index in [0.29, 0.717) is 4.75 Å². The standard InChI is InChI=1S/C16H26N4O2S/c1-12-5-13(19(4)17-12)7-20-10-16(11-20)6-14(9-23-16)22-8-15(21)18(2)3/h5,14H,6-11H2,1-4H3/t14-/m0/s1. The first kappa shape index (κ1) is 16.8. The number of amides is 1. The molecule has 0 aromatic carbocycles. The summed E-state index contributed by atoms with van der Waals surface area (Å²) in [5.74, 6) is 1.04. The highest BCUT2D eigenvalue weighted by Gasteiger charge is 2.49. The highest BCUT2D eigenvalue weighted by atomic mass is 32.2. The summed E-state index contributed by atoms with van der Waals surface area (Å²) >= 11 is 2.01. The minimum atomic E-state index is 0.0396. The molecule has 128 valence electrons. The van der Waals surface area contributed by atoms with Crippen LogP contribution in [0.15, 0.2) is 6.07 Å². The zero-order valence-corrected chi connectivity index (χ0v) is 15.2. The average Bonchev–Trinajstić information content (AvgIpc) is 3.00. The van der Waals surface area contributed by atoms with Gasteiger partial charge in [-0.05, 0) is 19.4 Å². The number of ether oxygens (including phenoxy) is 1. The Labute approximate surface area is 142 Å². The molecule has 2 aliphatic rings. The van der Waals surface area contributed by atoms with E-state index < -0.39 is 0 Å². The molecule has 6 nitrogen and oxygen atoms in total. The normalized spacial score (nSPS) is 23.2. The van der Waals surface area contributed by atoms with Crippen molar-refractivity contribution in [1.29, 1.82) is 0 Å². The molecule has 1 spiro atoms. The molecule has 2 saturated heterocycles. The fraction of sp³-hybridized carbons (Fsp3) is 0.750. The van der Waals surface area contributed by atoms with Crippen LogP contribution in [0.5, 0.6) is 0 Å².